The summed E-state index contributed by atoms with van der Waals surface area (Å²) in [4.78, 5) is 6.67. The maximum Gasteiger partial charge on any atom is 0.141 e. The number of rotatable bonds is 6. The van der Waals surface area contributed by atoms with Gasteiger partial charge in [-0.25, -0.2) is 9.67 Å². The van der Waals surface area contributed by atoms with Crippen LogP contribution in [-0.4, -0.2) is 37.6 Å². The maximum absolute atomic E-state index is 4.29. The van der Waals surface area contributed by atoms with Gasteiger partial charge in [0.1, 0.15) is 12.2 Å². The molecule has 0 saturated carbocycles. The molecule has 0 atom stereocenters. The molecule has 0 unspecified atom stereocenters. The number of hydrogen-bond donors (Lipinski definition) is 0. The van der Waals surface area contributed by atoms with Gasteiger partial charge in [-0.1, -0.05) is 15.9 Å². The molecule has 15 heavy (non-hydrogen) atoms. The van der Waals surface area contributed by atoms with Crippen molar-refractivity contribution in [2.75, 3.05) is 11.9 Å². The summed E-state index contributed by atoms with van der Waals surface area (Å²) in [5.74, 6) is 1.05. The molecule has 0 aromatic carbocycles. The summed E-state index contributed by atoms with van der Waals surface area (Å²) in [7, 11) is 0. The summed E-state index contributed by atoms with van der Waals surface area (Å²) in [6.07, 6.45) is 1.63. The molecule has 0 saturated heterocycles. The standard InChI is InChI=1S/C10H19BrN4/c1-4-15-10(12-8-13-15)7-14(6-5-11)9(2)3/h8-9H,4-7H2,1-3H3. The van der Waals surface area contributed by atoms with Gasteiger partial charge in [0.25, 0.3) is 0 Å². The number of alkyl halides is 1. The monoisotopic (exact) mass is 274 g/mol. The topological polar surface area (TPSA) is 34.0 Å². The van der Waals surface area contributed by atoms with E-state index in [1.54, 1.807) is 6.33 Å². The van der Waals surface area contributed by atoms with Crippen LogP contribution in [0.15, 0.2) is 6.33 Å². The number of aryl methyl sites for hydroxylation is 1. The van der Waals surface area contributed by atoms with Crippen LogP contribution in [0, 0.1) is 0 Å². The lowest BCUT2D eigenvalue weighted by Crippen LogP contribution is -2.33. The highest BCUT2D eigenvalue weighted by molar-refractivity contribution is 9.09. The van der Waals surface area contributed by atoms with Crippen LogP contribution in [0.2, 0.25) is 0 Å². The second-order valence-electron chi connectivity index (χ2n) is 3.75. The molecular weight excluding hydrogens is 256 g/mol. The van der Waals surface area contributed by atoms with E-state index in [0.29, 0.717) is 6.04 Å². The molecule has 4 nitrogen and oxygen atoms in total. The maximum atomic E-state index is 4.29. The van der Waals surface area contributed by atoms with Gasteiger partial charge in [-0.2, -0.15) is 5.10 Å². The fourth-order valence-corrected chi connectivity index (χ4v) is 1.94. The highest BCUT2D eigenvalue weighted by Crippen LogP contribution is 2.06. The zero-order chi connectivity index (χ0) is 11.3. The predicted octanol–water partition coefficient (Wildman–Crippen LogP) is 1.90. The van der Waals surface area contributed by atoms with E-state index < -0.39 is 0 Å². The molecule has 0 spiro atoms. The summed E-state index contributed by atoms with van der Waals surface area (Å²) < 4.78 is 1.95. The average molecular weight is 275 g/mol. The highest BCUT2D eigenvalue weighted by Gasteiger charge is 2.12. The minimum Gasteiger partial charge on any atom is -0.293 e. The van der Waals surface area contributed by atoms with Crippen molar-refractivity contribution in [1.29, 1.82) is 0 Å². The molecule has 1 aromatic rings. The molecular formula is C10H19BrN4. The van der Waals surface area contributed by atoms with Crippen LogP contribution in [0.4, 0.5) is 0 Å². The third-order valence-corrected chi connectivity index (χ3v) is 2.80. The quantitative estimate of drug-likeness (QED) is 0.744. The van der Waals surface area contributed by atoms with E-state index in [-0.39, 0.29) is 0 Å². The zero-order valence-corrected chi connectivity index (χ0v) is 11.2. The molecule has 0 aliphatic rings. The summed E-state index contributed by atoms with van der Waals surface area (Å²) >= 11 is 3.47. The molecule has 0 aliphatic carbocycles. The van der Waals surface area contributed by atoms with Crippen molar-refractivity contribution in [3.63, 3.8) is 0 Å². The minimum atomic E-state index is 0.532. The SMILES string of the molecule is CCn1ncnc1CN(CCBr)C(C)C. The van der Waals surface area contributed by atoms with Gasteiger partial charge >= 0.3 is 0 Å². The molecule has 0 aliphatic heterocycles. The van der Waals surface area contributed by atoms with E-state index in [2.05, 4.69) is 51.7 Å². The predicted molar refractivity (Wildman–Crippen MR) is 65.0 cm³/mol. The molecule has 86 valence electrons. The van der Waals surface area contributed by atoms with Crippen molar-refractivity contribution in [1.82, 2.24) is 19.7 Å². The first kappa shape index (κ1) is 12.6. The number of halogens is 1. The van der Waals surface area contributed by atoms with Crippen molar-refractivity contribution in [3.8, 4) is 0 Å². The van der Waals surface area contributed by atoms with Crippen LogP contribution in [0.25, 0.3) is 0 Å². The molecule has 0 bridgehead atoms. The van der Waals surface area contributed by atoms with Crippen LogP contribution in [-0.2, 0) is 13.1 Å². The smallest absolute Gasteiger partial charge is 0.141 e. The van der Waals surface area contributed by atoms with Crippen LogP contribution in [0.1, 0.15) is 26.6 Å². The second-order valence-corrected chi connectivity index (χ2v) is 4.54. The number of nitrogens with zero attached hydrogens (tertiary/aromatic N) is 4. The van der Waals surface area contributed by atoms with Crippen molar-refractivity contribution in [2.24, 2.45) is 0 Å². The van der Waals surface area contributed by atoms with E-state index in [1.165, 1.54) is 0 Å². The Kier molecular flexibility index (Phi) is 5.25. The van der Waals surface area contributed by atoms with Crippen LogP contribution in [0.3, 0.4) is 0 Å². The Morgan fingerprint density at radius 1 is 1.53 bits per heavy atom. The lowest BCUT2D eigenvalue weighted by Gasteiger charge is -2.24. The van der Waals surface area contributed by atoms with E-state index in [0.717, 1.165) is 30.8 Å². The Balaban J connectivity index is 2.65. The Morgan fingerprint density at radius 3 is 2.80 bits per heavy atom. The van der Waals surface area contributed by atoms with E-state index in [1.807, 2.05) is 4.68 Å². The van der Waals surface area contributed by atoms with Crippen molar-refractivity contribution in [2.45, 2.75) is 39.9 Å². The molecule has 1 rings (SSSR count). The normalized spacial score (nSPS) is 11.6. The fraction of sp³-hybridized carbons (Fsp3) is 0.800. The molecule has 0 fully saturated rings. The van der Waals surface area contributed by atoms with Gasteiger partial charge in [-0.3, -0.25) is 4.90 Å². The van der Waals surface area contributed by atoms with Gasteiger partial charge in [0.15, 0.2) is 0 Å². The van der Waals surface area contributed by atoms with Gasteiger partial charge in [0, 0.05) is 24.5 Å². The lowest BCUT2D eigenvalue weighted by atomic mass is 10.3. The van der Waals surface area contributed by atoms with Crippen molar-refractivity contribution in [3.05, 3.63) is 12.2 Å². The third kappa shape index (κ3) is 3.57. The van der Waals surface area contributed by atoms with Gasteiger partial charge in [-0.15, -0.1) is 0 Å². The van der Waals surface area contributed by atoms with Crippen molar-refractivity contribution >= 4 is 15.9 Å². The second kappa shape index (κ2) is 6.23. The number of aromatic nitrogens is 3. The molecule has 1 aromatic heterocycles. The zero-order valence-electron chi connectivity index (χ0n) is 9.65. The molecule has 0 N–H and O–H groups in total. The van der Waals surface area contributed by atoms with Crippen molar-refractivity contribution < 1.29 is 0 Å². The molecule has 0 radical (unpaired) electrons. The largest absolute Gasteiger partial charge is 0.293 e. The van der Waals surface area contributed by atoms with Crippen LogP contribution in [0.5, 0.6) is 0 Å². The van der Waals surface area contributed by atoms with Crippen LogP contribution < -0.4 is 0 Å². The molecule has 1 heterocycles. The Bertz CT molecular complexity index is 285. The Morgan fingerprint density at radius 2 is 2.27 bits per heavy atom. The summed E-state index contributed by atoms with van der Waals surface area (Å²) in [6.45, 7) is 9.29. The van der Waals surface area contributed by atoms with Crippen LogP contribution >= 0.6 is 15.9 Å². The first-order chi connectivity index (χ1) is 7.19. The first-order valence-electron chi connectivity index (χ1n) is 5.35. The summed E-state index contributed by atoms with van der Waals surface area (Å²) in [5, 5.41) is 5.17. The van der Waals surface area contributed by atoms with E-state index in [4.69, 9.17) is 0 Å². The summed E-state index contributed by atoms with van der Waals surface area (Å²) in [5.41, 5.74) is 0. The van der Waals surface area contributed by atoms with Gasteiger partial charge in [-0.05, 0) is 20.8 Å². The molecule has 0 amide bonds. The van der Waals surface area contributed by atoms with Gasteiger partial charge < -0.3 is 0 Å². The Labute approximate surface area is 99.8 Å². The Hall–Kier alpha value is -0.420. The minimum absolute atomic E-state index is 0.532. The van der Waals surface area contributed by atoms with E-state index >= 15 is 0 Å². The molecule has 5 heteroatoms. The number of hydrogen-bond acceptors (Lipinski definition) is 3. The lowest BCUT2D eigenvalue weighted by molar-refractivity contribution is 0.218. The summed E-state index contributed by atoms with van der Waals surface area (Å²) in [6, 6.07) is 0.532. The third-order valence-electron chi connectivity index (χ3n) is 2.44. The van der Waals surface area contributed by atoms with E-state index in [9.17, 15) is 0 Å². The first-order valence-corrected chi connectivity index (χ1v) is 6.47. The average Bonchev–Trinajstić information content (AvgIpc) is 2.64. The van der Waals surface area contributed by atoms with Gasteiger partial charge in [0.2, 0.25) is 0 Å². The fourth-order valence-electron chi connectivity index (χ4n) is 1.48. The highest BCUT2D eigenvalue weighted by atomic mass is 79.9. The van der Waals surface area contributed by atoms with Gasteiger partial charge in [0.05, 0.1) is 6.54 Å².